The van der Waals surface area contributed by atoms with Crippen LogP contribution in [0.5, 0.6) is 0 Å². The van der Waals surface area contributed by atoms with Crippen LogP contribution in [-0.4, -0.2) is 9.97 Å². The van der Waals surface area contributed by atoms with Gasteiger partial charge in [0.1, 0.15) is 11.2 Å². The van der Waals surface area contributed by atoms with Crippen molar-refractivity contribution in [3.8, 4) is 33.8 Å². The van der Waals surface area contributed by atoms with Gasteiger partial charge in [0.05, 0.1) is 15.9 Å². The summed E-state index contributed by atoms with van der Waals surface area (Å²) in [6, 6.07) is 51.8. The molecule has 0 unspecified atom stereocenters. The molecular weight excluding hydrogens is 637 g/mol. The molecule has 0 spiro atoms. The zero-order valence-electron chi connectivity index (χ0n) is 26.0. The van der Waals surface area contributed by atoms with Crippen LogP contribution in [0.15, 0.2) is 150 Å². The first kappa shape index (κ1) is 27.1. The van der Waals surface area contributed by atoms with Crippen molar-refractivity contribution in [2.75, 3.05) is 0 Å². The second kappa shape index (κ2) is 10.3. The van der Waals surface area contributed by atoms with E-state index in [-0.39, 0.29) is 0 Å². The van der Waals surface area contributed by atoms with Crippen LogP contribution in [-0.2, 0) is 0 Å². The van der Waals surface area contributed by atoms with Crippen LogP contribution in [0.1, 0.15) is 0 Å². The number of fused-ring (bicyclic) bond motifs is 10. The summed E-state index contributed by atoms with van der Waals surface area (Å²) in [4.78, 5) is 10.8. The first-order valence-electron chi connectivity index (χ1n) is 16.3. The van der Waals surface area contributed by atoms with Crippen molar-refractivity contribution in [1.29, 1.82) is 0 Å². The third kappa shape index (κ3) is 4.13. The first-order valence-corrected chi connectivity index (χ1v) is 17.9. The molecule has 0 amide bonds. The topological polar surface area (TPSA) is 38.9 Å². The lowest BCUT2D eigenvalue weighted by Crippen LogP contribution is -1.94. The summed E-state index contributed by atoms with van der Waals surface area (Å²) in [5.41, 5.74) is 8.00. The van der Waals surface area contributed by atoms with Crippen LogP contribution in [0.25, 0.3) is 107 Å². The van der Waals surface area contributed by atoms with Gasteiger partial charge >= 0.3 is 0 Å². The van der Waals surface area contributed by atoms with E-state index in [1.807, 2.05) is 23.5 Å². The highest BCUT2D eigenvalue weighted by atomic mass is 32.1. The van der Waals surface area contributed by atoms with Gasteiger partial charge in [-0.05, 0) is 70.4 Å². The third-order valence-corrected chi connectivity index (χ3v) is 12.0. The van der Waals surface area contributed by atoms with Crippen LogP contribution in [0.3, 0.4) is 0 Å². The van der Waals surface area contributed by atoms with Crippen LogP contribution in [0.4, 0.5) is 0 Å². The fourth-order valence-corrected chi connectivity index (χ4v) is 9.58. The molecule has 3 nitrogen and oxygen atoms in total. The number of thiophene rings is 2. The molecule has 0 atom stereocenters. The average molecular weight is 661 g/mol. The molecule has 0 bridgehead atoms. The quantitative estimate of drug-likeness (QED) is 0.189. The molecule has 0 saturated heterocycles. The Balaban J connectivity index is 1.17. The summed E-state index contributed by atoms with van der Waals surface area (Å²) in [6.45, 7) is 0. The molecule has 11 aromatic rings. The Morgan fingerprint density at radius 1 is 0.449 bits per heavy atom. The van der Waals surface area contributed by atoms with Crippen LogP contribution in [0.2, 0.25) is 0 Å². The van der Waals surface area contributed by atoms with Crippen molar-refractivity contribution in [3.05, 3.63) is 146 Å². The predicted octanol–water partition coefficient (Wildman–Crippen LogP) is 13.3. The van der Waals surface area contributed by atoms with E-state index in [0.29, 0.717) is 5.82 Å². The Labute approximate surface area is 288 Å². The maximum absolute atomic E-state index is 6.46. The summed E-state index contributed by atoms with van der Waals surface area (Å²) in [5, 5.41) is 8.24. The van der Waals surface area contributed by atoms with Gasteiger partial charge in [-0.15, -0.1) is 22.7 Å². The van der Waals surface area contributed by atoms with Gasteiger partial charge in [0.2, 0.25) is 0 Å². The Hall–Kier alpha value is -5.88. The highest BCUT2D eigenvalue weighted by molar-refractivity contribution is 7.26. The van der Waals surface area contributed by atoms with E-state index in [0.717, 1.165) is 59.9 Å². The molecule has 7 aromatic carbocycles. The van der Waals surface area contributed by atoms with E-state index in [1.54, 1.807) is 11.3 Å². The van der Waals surface area contributed by atoms with Crippen molar-refractivity contribution in [1.82, 2.24) is 9.97 Å². The van der Waals surface area contributed by atoms with Gasteiger partial charge in [0, 0.05) is 52.2 Å². The van der Waals surface area contributed by atoms with Crippen LogP contribution >= 0.6 is 22.7 Å². The maximum Gasteiger partial charge on any atom is 0.161 e. The molecule has 0 aliphatic rings. The van der Waals surface area contributed by atoms with E-state index < -0.39 is 0 Å². The number of benzene rings is 7. The Kier molecular flexibility index (Phi) is 5.70. The lowest BCUT2D eigenvalue weighted by atomic mass is 9.98. The van der Waals surface area contributed by atoms with Crippen LogP contribution < -0.4 is 0 Å². The molecule has 0 N–H and O–H groups in total. The van der Waals surface area contributed by atoms with E-state index in [4.69, 9.17) is 14.4 Å². The molecule has 4 aromatic heterocycles. The normalized spacial score (nSPS) is 12.1. The minimum Gasteiger partial charge on any atom is -0.456 e. The van der Waals surface area contributed by atoms with Crippen molar-refractivity contribution in [2.24, 2.45) is 0 Å². The third-order valence-electron chi connectivity index (χ3n) is 9.69. The van der Waals surface area contributed by atoms with E-state index >= 15 is 0 Å². The molecule has 0 radical (unpaired) electrons. The summed E-state index contributed by atoms with van der Waals surface area (Å²) in [5.74, 6) is 0.700. The van der Waals surface area contributed by atoms with E-state index in [9.17, 15) is 0 Å². The summed E-state index contributed by atoms with van der Waals surface area (Å²) in [6.07, 6.45) is 0. The summed E-state index contributed by atoms with van der Waals surface area (Å²) < 4.78 is 11.4. The van der Waals surface area contributed by atoms with Crippen molar-refractivity contribution in [2.45, 2.75) is 0 Å². The van der Waals surface area contributed by atoms with Crippen LogP contribution in [0, 0.1) is 0 Å². The van der Waals surface area contributed by atoms with Gasteiger partial charge in [0.15, 0.2) is 5.82 Å². The van der Waals surface area contributed by atoms with Gasteiger partial charge in [-0.25, -0.2) is 9.97 Å². The smallest absolute Gasteiger partial charge is 0.161 e. The summed E-state index contributed by atoms with van der Waals surface area (Å²) >= 11 is 3.60. The number of rotatable bonds is 3. The molecule has 11 rings (SSSR count). The Bertz CT molecular complexity index is 3130. The van der Waals surface area contributed by atoms with Gasteiger partial charge in [-0.1, -0.05) is 97.1 Å². The molecule has 5 heteroatoms. The molecule has 49 heavy (non-hydrogen) atoms. The number of hydrogen-bond acceptors (Lipinski definition) is 5. The second-order valence-electron chi connectivity index (χ2n) is 12.5. The molecule has 0 aliphatic heterocycles. The SMILES string of the molecule is c1ccc2cc(-c3ccc4oc5cccc(-c6nc(-c7ccc8sc9ccccc9c8c7)c7sc8ccccc8c7n6)c5c4c3)ccc2c1. The van der Waals surface area contributed by atoms with E-state index in [2.05, 4.69) is 133 Å². The monoisotopic (exact) mass is 660 g/mol. The highest BCUT2D eigenvalue weighted by Gasteiger charge is 2.21. The fourth-order valence-electron chi connectivity index (χ4n) is 7.34. The minimum atomic E-state index is 0.700. The first-order chi connectivity index (χ1) is 24.2. The lowest BCUT2D eigenvalue weighted by Gasteiger charge is -2.09. The molecule has 0 fully saturated rings. The highest BCUT2D eigenvalue weighted by Crippen LogP contribution is 2.44. The number of hydrogen-bond donors (Lipinski definition) is 0. The Morgan fingerprint density at radius 2 is 1.16 bits per heavy atom. The standard InChI is InChI=1S/C44H24N2OS2/c1-2-9-26-22-27(17-16-25(26)8-1)28-18-20-35-34(23-28)40-32(12-7-13-36(40)47-35)44-45-41(43-42(46-44)31-11-4-6-15-38(31)49-43)29-19-21-39-33(24-29)30-10-3-5-14-37(30)48-39/h1-24H. The summed E-state index contributed by atoms with van der Waals surface area (Å²) in [7, 11) is 0. The number of furan rings is 1. The Morgan fingerprint density at radius 3 is 2.08 bits per heavy atom. The zero-order chi connectivity index (χ0) is 32.1. The fraction of sp³-hybridized carbons (Fsp3) is 0. The van der Waals surface area contributed by atoms with Crippen molar-refractivity contribution >= 4 is 95.9 Å². The minimum absolute atomic E-state index is 0.700. The largest absolute Gasteiger partial charge is 0.456 e. The zero-order valence-corrected chi connectivity index (χ0v) is 27.6. The lowest BCUT2D eigenvalue weighted by molar-refractivity contribution is 0.669. The number of nitrogens with zero attached hydrogens (tertiary/aromatic N) is 2. The average Bonchev–Trinajstić information content (AvgIpc) is 3.85. The van der Waals surface area contributed by atoms with Gasteiger partial charge in [-0.3, -0.25) is 0 Å². The molecule has 4 heterocycles. The second-order valence-corrected chi connectivity index (χ2v) is 14.7. The molecular formula is C44H24N2OS2. The molecule has 228 valence electrons. The van der Waals surface area contributed by atoms with Gasteiger partial charge in [-0.2, -0.15) is 0 Å². The van der Waals surface area contributed by atoms with Crippen molar-refractivity contribution < 1.29 is 4.42 Å². The molecule has 0 aliphatic carbocycles. The van der Waals surface area contributed by atoms with Crippen molar-refractivity contribution in [3.63, 3.8) is 0 Å². The van der Waals surface area contributed by atoms with Gasteiger partial charge in [0.25, 0.3) is 0 Å². The van der Waals surface area contributed by atoms with Gasteiger partial charge < -0.3 is 4.42 Å². The maximum atomic E-state index is 6.46. The van der Waals surface area contributed by atoms with E-state index in [1.165, 1.54) is 41.2 Å². The number of aromatic nitrogens is 2. The molecule has 0 saturated carbocycles. The predicted molar refractivity (Wildman–Crippen MR) is 209 cm³/mol.